The lowest BCUT2D eigenvalue weighted by Gasteiger charge is -2.05. The molecule has 112 valence electrons. The van der Waals surface area contributed by atoms with Gasteiger partial charge in [-0.25, -0.2) is 4.98 Å². The second-order valence-electron chi connectivity index (χ2n) is 4.60. The van der Waals surface area contributed by atoms with E-state index in [-0.39, 0.29) is 11.9 Å². The van der Waals surface area contributed by atoms with Crippen molar-refractivity contribution in [1.82, 2.24) is 15.3 Å². The number of aromatic nitrogens is 2. The number of nitrogens with one attached hydrogen (secondary N) is 2. The summed E-state index contributed by atoms with van der Waals surface area (Å²) in [7, 11) is 0. The number of unbranched alkanes of at least 4 members (excludes halogenated alkanes) is 1. The van der Waals surface area contributed by atoms with Crippen molar-refractivity contribution in [3.8, 4) is 0 Å². The van der Waals surface area contributed by atoms with Gasteiger partial charge in [0.2, 0.25) is 5.91 Å². The summed E-state index contributed by atoms with van der Waals surface area (Å²) in [5.41, 5.74) is 0.991. The third kappa shape index (κ3) is 7.56. The molecule has 0 saturated heterocycles. The van der Waals surface area contributed by atoms with Crippen molar-refractivity contribution >= 4 is 11.9 Å². The van der Waals surface area contributed by atoms with Crippen molar-refractivity contribution in [3.63, 3.8) is 0 Å². The molecule has 1 amide bonds. The number of carbonyl (C=O) groups excluding carboxylic acids is 2. The number of hydrogen-bond donors (Lipinski definition) is 2. The highest BCUT2D eigenvalue weighted by molar-refractivity contribution is 5.76. The predicted molar refractivity (Wildman–Crippen MR) is 75.0 cm³/mol. The van der Waals surface area contributed by atoms with Crippen molar-refractivity contribution in [2.45, 2.75) is 45.4 Å². The number of nitrogens with zero attached hydrogens (tertiary/aromatic N) is 1. The summed E-state index contributed by atoms with van der Waals surface area (Å²) in [5, 5.41) is 2.81. The number of rotatable bonds is 10. The van der Waals surface area contributed by atoms with Crippen molar-refractivity contribution in [3.05, 3.63) is 18.2 Å². The average Bonchev–Trinajstić information content (AvgIpc) is 2.92. The van der Waals surface area contributed by atoms with Crippen LogP contribution in [0.15, 0.2) is 12.5 Å². The predicted octanol–water partition coefficient (Wildman–Crippen LogP) is 1.58. The average molecular weight is 281 g/mol. The van der Waals surface area contributed by atoms with Gasteiger partial charge in [-0.2, -0.15) is 0 Å². The fourth-order valence-corrected chi connectivity index (χ4v) is 1.64. The van der Waals surface area contributed by atoms with Gasteiger partial charge in [-0.3, -0.25) is 9.59 Å². The zero-order valence-corrected chi connectivity index (χ0v) is 12.0. The number of hydrogen-bond acceptors (Lipinski definition) is 4. The highest BCUT2D eigenvalue weighted by atomic mass is 16.5. The van der Waals surface area contributed by atoms with E-state index in [1.54, 1.807) is 12.5 Å². The van der Waals surface area contributed by atoms with Gasteiger partial charge >= 0.3 is 5.97 Å². The Kier molecular flexibility index (Phi) is 8.10. The molecule has 0 spiro atoms. The standard InChI is InChI=1S/C14H23N3O3/c1-2-3-9-20-14(19)6-4-5-13(18)16-8-7-12-10-15-11-17-12/h10-11H,2-9H2,1H3,(H,15,17)(H,16,18). The molecular formula is C14H23N3O3. The molecule has 1 aromatic rings. The first-order valence-electron chi connectivity index (χ1n) is 7.12. The van der Waals surface area contributed by atoms with Crippen LogP contribution in [0.5, 0.6) is 0 Å². The third-order valence-corrected chi connectivity index (χ3v) is 2.82. The summed E-state index contributed by atoms with van der Waals surface area (Å²) in [6.45, 7) is 3.09. The molecule has 0 fully saturated rings. The number of esters is 1. The summed E-state index contributed by atoms with van der Waals surface area (Å²) in [5.74, 6) is -0.255. The minimum absolute atomic E-state index is 0.0362. The Morgan fingerprint density at radius 3 is 2.90 bits per heavy atom. The number of ether oxygens (including phenoxy) is 1. The second kappa shape index (κ2) is 10.00. The van der Waals surface area contributed by atoms with E-state index in [1.165, 1.54) is 0 Å². The zero-order valence-electron chi connectivity index (χ0n) is 12.0. The minimum Gasteiger partial charge on any atom is -0.466 e. The summed E-state index contributed by atoms with van der Waals surface area (Å²) in [4.78, 5) is 29.7. The van der Waals surface area contributed by atoms with Gasteiger partial charge < -0.3 is 15.0 Å². The van der Waals surface area contributed by atoms with Crippen LogP contribution in [0.1, 0.15) is 44.7 Å². The molecule has 1 aromatic heterocycles. The highest BCUT2D eigenvalue weighted by Crippen LogP contribution is 1.99. The molecule has 0 bridgehead atoms. The Morgan fingerprint density at radius 2 is 2.20 bits per heavy atom. The molecule has 0 aliphatic heterocycles. The molecule has 1 heterocycles. The molecule has 0 unspecified atom stereocenters. The Bertz CT molecular complexity index is 390. The monoisotopic (exact) mass is 281 g/mol. The lowest BCUT2D eigenvalue weighted by atomic mass is 10.2. The van der Waals surface area contributed by atoms with Crippen molar-refractivity contribution in [1.29, 1.82) is 0 Å². The van der Waals surface area contributed by atoms with Crippen LogP contribution in [0.4, 0.5) is 0 Å². The van der Waals surface area contributed by atoms with E-state index in [0.717, 1.165) is 25.0 Å². The molecular weight excluding hydrogens is 258 g/mol. The molecule has 0 atom stereocenters. The fraction of sp³-hybridized carbons (Fsp3) is 0.643. The van der Waals surface area contributed by atoms with E-state index >= 15 is 0 Å². The lowest BCUT2D eigenvalue weighted by molar-refractivity contribution is -0.143. The normalized spacial score (nSPS) is 10.2. The van der Waals surface area contributed by atoms with Crippen LogP contribution < -0.4 is 5.32 Å². The summed E-state index contributed by atoms with van der Waals surface area (Å²) >= 11 is 0. The highest BCUT2D eigenvalue weighted by Gasteiger charge is 2.06. The summed E-state index contributed by atoms with van der Waals surface area (Å²) < 4.78 is 5.01. The lowest BCUT2D eigenvalue weighted by Crippen LogP contribution is -2.25. The van der Waals surface area contributed by atoms with E-state index in [1.807, 2.05) is 6.92 Å². The number of amides is 1. The van der Waals surface area contributed by atoms with Gasteiger partial charge in [-0.15, -0.1) is 0 Å². The number of H-pyrrole nitrogens is 1. The number of imidazole rings is 1. The topological polar surface area (TPSA) is 84.1 Å². The van der Waals surface area contributed by atoms with Crippen LogP contribution in [0.3, 0.4) is 0 Å². The van der Waals surface area contributed by atoms with Crippen molar-refractivity contribution in [2.75, 3.05) is 13.2 Å². The summed E-state index contributed by atoms with van der Waals surface area (Å²) in [6.07, 6.45) is 7.15. The van der Waals surface area contributed by atoms with Crippen LogP contribution in [-0.4, -0.2) is 35.0 Å². The van der Waals surface area contributed by atoms with Gasteiger partial charge in [0, 0.05) is 37.7 Å². The van der Waals surface area contributed by atoms with E-state index in [2.05, 4.69) is 15.3 Å². The molecule has 2 N–H and O–H groups in total. The van der Waals surface area contributed by atoms with Gasteiger partial charge in [-0.1, -0.05) is 13.3 Å². The van der Waals surface area contributed by atoms with Crippen LogP contribution in [0.2, 0.25) is 0 Å². The molecule has 6 heteroatoms. The first-order valence-corrected chi connectivity index (χ1v) is 7.12. The Hall–Kier alpha value is -1.85. The largest absolute Gasteiger partial charge is 0.466 e. The number of carbonyl (C=O) groups is 2. The Labute approximate surface area is 119 Å². The van der Waals surface area contributed by atoms with Crippen LogP contribution >= 0.6 is 0 Å². The second-order valence-corrected chi connectivity index (χ2v) is 4.60. The molecule has 0 radical (unpaired) electrons. The SMILES string of the molecule is CCCCOC(=O)CCCC(=O)NCCc1cnc[nH]1. The van der Waals surface area contributed by atoms with Crippen molar-refractivity contribution < 1.29 is 14.3 Å². The zero-order chi connectivity index (χ0) is 14.6. The van der Waals surface area contributed by atoms with Gasteiger partial charge in [0.1, 0.15) is 0 Å². The number of aromatic amines is 1. The molecule has 0 aliphatic carbocycles. The van der Waals surface area contributed by atoms with E-state index in [4.69, 9.17) is 4.74 Å². The molecule has 1 rings (SSSR count). The maximum atomic E-state index is 11.5. The molecule has 20 heavy (non-hydrogen) atoms. The molecule has 0 aromatic carbocycles. The quantitative estimate of drug-likeness (QED) is 0.504. The summed E-state index contributed by atoms with van der Waals surface area (Å²) in [6, 6.07) is 0. The van der Waals surface area contributed by atoms with Crippen LogP contribution in [0, 0.1) is 0 Å². The van der Waals surface area contributed by atoms with Gasteiger partial charge in [0.25, 0.3) is 0 Å². The van der Waals surface area contributed by atoms with E-state index < -0.39 is 0 Å². The fourth-order valence-electron chi connectivity index (χ4n) is 1.64. The molecule has 6 nitrogen and oxygen atoms in total. The first kappa shape index (κ1) is 16.2. The smallest absolute Gasteiger partial charge is 0.305 e. The van der Waals surface area contributed by atoms with E-state index in [0.29, 0.717) is 32.4 Å². The Morgan fingerprint density at radius 1 is 1.35 bits per heavy atom. The maximum absolute atomic E-state index is 11.5. The molecule has 0 saturated carbocycles. The first-order chi connectivity index (χ1) is 9.72. The minimum atomic E-state index is -0.219. The van der Waals surface area contributed by atoms with Crippen LogP contribution in [0.25, 0.3) is 0 Å². The Balaban J connectivity index is 1.98. The van der Waals surface area contributed by atoms with Gasteiger partial charge in [0.05, 0.1) is 12.9 Å². The molecule has 0 aliphatic rings. The van der Waals surface area contributed by atoms with Crippen molar-refractivity contribution in [2.24, 2.45) is 0 Å². The van der Waals surface area contributed by atoms with E-state index in [9.17, 15) is 9.59 Å². The van der Waals surface area contributed by atoms with Gasteiger partial charge in [0.15, 0.2) is 0 Å². The third-order valence-electron chi connectivity index (χ3n) is 2.82. The maximum Gasteiger partial charge on any atom is 0.305 e. The van der Waals surface area contributed by atoms with Crippen LogP contribution in [-0.2, 0) is 20.7 Å². The van der Waals surface area contributed by atoms with Gasteiger partial charge in [-0.05, 0) is 12.8 Å².